The van der Waals surface area contributed by atoms with Gasteiger partial charge in [-0.05, 0) is 68.2 Å². The van der Waals surface area contributed by atoms with E-state index in [0.29, 0.717) is 5.57 Å². The Bertz CT molecular complexity index is 859. The molecule has 1 fully saturated rings. The molecule has 0 heterocycles. The third kappa shape index (κ3) is 7.07. The van der Waals surface area contributed by atoms with E-state index in [-0.39, 0.29) is 5.41 Å². The van der Waals surface area contributed by atoms with Gasteiger partial charge in [-0.25, -0.2) is 4.39 Å². The molecule has 2 rings (SSSR count). The van der Waals surface area contributed by atoms with E-state index >= 15 is 0 Å². The lowest BCUT2D eigenvalue weighted by atomic mass is 9.58. The number of aliphatic hydroxyl groups excluding tert-OH is 2. The lowest BCUT2D eigenvalue weighted by Gasteiger charge is -2.43. The number of rotatable bonds is 6. The highest BCUT2D eigenvalue weighted by molar-refractivity contribution is 6.17. The molecule has 0 aromatic carbocycles. The molecule has 2 aliphatic rings. The second kappa shape index (κ2) is 11.5. The highest BCUT2D eigenvalue weighted by Gasteiger charge is 2.46. The molecule has 0 spiro atoms. The number of nitrogens with one attached hydrogen (secondary N) is 1. The molecule has 2 aliphatic carbocycles. The molecule has 4 unspecified atom stereocenters. The van der Waals surface area contributed by atoms with E-state index < -0.39 is 42.0 Å². The number of halogens is 1. The number of carbonyl (C=O) groups is 1. The second-order valence-corrected chi connectivity index (χ2v) is 10.0. The van der Waals surface area contributed by atoms with Crippen LogP contribution in [-0.2, 0) is 4.79 Å². The average molecular weight is 451 g/mol. The summed E-state index contributed by atoms with van der Waals surface area (Å²) in [5, 5.41) is 22.2. The molecule has 4 nitrogen and oxygen atoms in total. The second-order valence-electron chi connectivity index (χ2n) is 10.0. The van der Waals surface area contributed by atoms with Crippen LogP contribution in [0.5, 0.6) is 0 Å². The number of hydrogen-bond donors (Lipinski definition) is 3. The normalized spacial score (nSPS) is 33.7. The first-order chi connectivity index (χ1) is 15.3. The fourth-order valence-corrected chi connectivity index (χ4v) is 4.59. The fraction of sp³-hybridized carbons (Fsp3) is 0.577. The molecule has 1 saturated carbocycles. The molecule has 0 aromatic rings. The van der Waals surface area contributed by atoms with Crippen molar-refractivity contribution in [1.29, 1.82) is 0 Å². The maximum Gasteiger partial charge on any atom is 0.244 e. The van der Waals surface area contributed by atoms with Crippen molar-refractivity contribution in [3.8, 4) is 0 Å². The minimum Gasteiger partial charge on any atom is -0.390 e. The Morgan fingerprint density at radius 1 is 1.12 bits per heavy atom. The van der Waals surface area contributed by atoms with Crippen molar-refractivity contribution in [3.05, 3.63) is 58.7 Å². The number of aliphatic hydroxyl groups is 2. The van der Waals surface area contributed by atoms with E-state index in [1.165, 1.54) is 30.1 Å². The molecule has 33 heavy (non-hydrogen) atoms. The Labute approximate surface area is 200 Å². The standard InChI is InChI=1S/C26H36B2FNO3/c1-15(11-12-18-17(3)10-7-13-26(18,4)5)8-6-9-16(2)14-19(31)30-23-20(27)24(32)22(29)25(33)21(23)28/h6,8-9,11-12,14,20-25,32-33H,7,10,13H2,1-5H3,(H,30,31)/b9-6+,12-11+,15-8+,16-14+. The van der Waals surface area contributed by atoms with Crippen LogP contribution >= 0.6 is 0 Å². The van der Waals surface area contributed by atoms with Gasteiger partial charge in [-0.2, -0.15) is 0 Å². The quantitative estimate of drug-likeness (QED) is 0.325. The van der Waals surface area contributed by atoms with E-state index in [9.17, 15) is 19.4 Å². The minimum atomic E-state index is -1.95. The van der Waals surface area contributed by atoms with Crippen LogP contribution in [0.1, 0.15) is 53.9 Å². The first-order valence-corrected chi connectivity index (χ1v) is 11.6. The summed E-state index contributed by atoms with van der Waals surface area (Å²) in [4.78, 5) is 12.4. The van der Waals surface area contributed by atoms with E-state index in [1.54, 1.807) is 13.0 Å². The van der Waals surface area contributed by atoms with E-state index in [1.807, 2.05) is 19.1 Å². The number of carbonyl (C=O) groups excluding carboxylic acids is 1. The Hall–Kier alpha value is -1.85. The number of allylic oxidation sites excluding steroid dienone is 9. The molecule has 0 bridgehead atoms. The first kappa shape index (κ1) is 27.4. The van der Waals surface area contributed by atoms with Crippen LogP contribution in [0.3, 0.4) is 0 Å². The maximum absolute atomic E-state index is 13.8. The van der Waals surface area contributed by atoms with Crippen molar-refractivity contribution in [3.63, 3.8) is 0 Å². The molecule has 4 atom stereocenters. The summed E-state index contributed by atoms with van der Waals surface area (Å²) < 4.78 is 13.8. The van der Waals surface area contributed by atoms with Gasteiger partial charge >= 0.3 is 0 Å². The molecule has 0 aromatic heterocycles. The smallest absolute Gasteiger partial charge is 0.244 e. The van der Waals surface area contributed by atoms with Crippen LogP contribution < -0.4 is 5.32 Å². The summed E-state index contributed by atoms with van der Waals surface area (Å²) in [5.41, 5.74) is 4.84. The van der Waals surface area contributed by atoms with Gasteiger partial charge in [0.15, 0.2) is 6.17 Å². The number of hydrogen-bond acceptors (Lipinski definition) is 3. The summed E-state index contributed by atoms with van der Waals surface area (Å²) >= 11 is 0. The van der Waals surface area contributed by atoms with Gasteiger partial charge in [-0.15, -0.1) is 0 Å². The van der Waals surface area contributed by atoms with Gasteiger partial charge in [-0.1, -0.05) is 55.4 Å². The molecule has 176 valence electrons. The zero-order chi connectivity index (χ0) is 24.9. The summed E-state index contributed by atoms with van der Waals surface area (Å²) in [5.74, 6) is -2.71. The van der Waals surface area contributed by atoms with Crippen molar-refractivity contribution < 1.29 is 19.4 Å². The number of alkyl halides is 1. The van der Waals surface area contributed by atoms with Gasteiger partial charge in [0.1, 0.15) is 0 Å². The van der Waals surface area contributed by atoms with Gasteiger partial charge in [-0.3, -0.25) is 4.79 Å². The van der Waals surface area contributed by atoms with Gasteiger partial charge < -0.3 is 15.5 Å². The molecule has 1 amide bonds. The molecule has 0 aliphatic heterocycles. The minimum absolute atomic E-state index is 0.197. The molecule has 3 N–H and O–H groups in total. The molecule has 4 radical (unpaired) electrons. The Morgan fingerprint density at radius 3 is 2.30 bits per heavy atom. The van der Waals surface area contributed by atoms with Crippen LogP contribution in [0, 0.1) is 5.41 Å². The lowest BCUT2D eigenvalue weighted by Crippen LogP contribution is -2.57. The number of amides is 1. The topological polar surface area (TPSA) is 69.6 Å². The SMILES string of the molecule is [B]C1C(O)C(F)C(O)C([B])C1NC(=O)/C=C(C)/C=C/C=C(C)/C=C/C1=C(C)CCCC1(C)C. The van der Waals surface area contributed by atoms with Crippen LogP contribution in [0.2, 0.25) is 11.6 Å². The predicted octanol–water partition coefficient (Wildman–Crippen LogP) is 3.99. The summed E-state index contributed by atoms with van der Waals surface area (Å²) in [6.07, 6.45) is 9.77. The van der Waals surface area contributed by atoms with E-state index in [2.05, 4.69) is 38.2 Å². The summed E-state index contributed by atoms with van der Waals surface area (Å²) in [6.45, 7) is 10.6. The van der Waals surface area contributed by atoms with Crippen molar-refractivity contribution in [2.24, 2.45) is 5.41 Å². The van der Waals surface area contributed by atoms with Gasteiger partial charge in [0.05, 0.1) is 27.9 Å². The fourth-order valence-electron chi connectivity index (χ4n) is 4.59. The Morgan fingerprint density at radius 2 is 1.73 bits per heavy atom. The molecule has 0 saturated heterocycles. The third-order valence-electron chi connectivity index (χ3n) is 6.71. The molecular formula is C26H36B2FNO3. The van der Waals surface area contributed by atoms with Crippen molar-refractivity contribution >= 4 is 21.6 Å². The van der Waals surface area contributed by atoms with Gasteiger partial charge in [0, 0.05) is 12.1 Å². The Balaban J connectivity index is 1.99. The zero-order valence-electron chi connectivity index (χ0n) is 20.4. The van der Waals surface area contributed by atoms with E-state index in [0.717, 1.165) is 12.0 Å². The lowest BCUT2D eigenvalue weighted by molar-refractivity contribution is -0.118. The van der Waals surface area contributed by atoms with E-state index in [4.69, 9.17) is 15.7 Å². The highest BCUT2D eigenvalue weighted by Crippen LogP contribution is 2.41. The van der Waals surface area contributed by atoms with Crippen molar-refractivity contribution in [1.82, 2.24) is 5.32 Å². The monoisotopic (exact) mass is 451 g/mol. The Kier molecular flexibility index (Phi) is 9.57. The maximum atomic E-state index is 13.8. The highest BCUT2D eigenvalue weighted by atomic mass is 19.1. The molecular weight excluding hydrogens is 415 g/mol. The van der Waals surface area contributed by atoms with Gasteiger partial charge in [0.25, 0.3) is 0 Å². The van der Waals surface area contributed by atoms with Crippen LogP contribution in [-0.4, -0.2) is 56.2 Å². The third-order valence-corrected chi connectivity index (χ3v) is 6.71. The summed E-state index contributed by atoms with van der Waals surface area (Å²) in [7, 11) is 11.6. The molecule has 7 heteroatoms. The zero-order valence-corrected chi connectivity index (χ0v) is 20.4. The summed E-state index contributed by atoms with van der Waals surface area (Å²) in [6, 6.07) is -0.948. The van der Waals surface area contributed by atoms with Crippen molar-refractivity contribution in [2.45, 2.75) is 89.9 Å². The van der Waals surface area contributed by atoms with Gasteiger partial charge in [0.2, 0.25) is 5.91 Å². The largest absolute Gasteiger partial charge is 0.390 e. The average Bonchev–Trinajstić information content (AvgIpc) is 2.73. The van der Waals surface area contributed by atoms with Crippen LogP contribution in [0.4, 0.5) is 4.39 Å². The van der Waals surface area contributed by atoms with Crippen molar-refractivity contribution in [2.75, 3.05) is 0 Å². The first-order valence-electron chi connectivity index (χ1n) is 11.6. The van der Waals surface area contributed by atoms with Crippen LogP contribution in [0.25, 0.3) is 0 Å². The predicted molar refractivity (Wildman–Crippen MR) is 134 cm³/mol. The van der Waals surface area contributed by atoms with Crippen LogP contribution in [0.15, 0.2) is 58.7 Å².